The van der Waals surface area contributed by atoms with Gasteiger partial charge in [0.15, 0.2) is 0 Å². The molecule has 0 amide bonds. The van der Waals surface area contributed by atoms with Gasteiger partial charge < -0.3 is 19.3 Å². The summed E-state index contributed by atoms with van der Waals surface area (Å²) in [5.41, 5.74) is 2.92. The number of carbonyl (C=O) groups is 2. The average molecular weight is 617 g/mol. The lowest BCUT2D eigenvalue weighted by Gasteiger charge is -2.13. The maximum atomic E-state index is 12.7. The minimum Gasteiger partial charge on any atom is -0.494 e. The Balaban J connectivity index is 1.37. The van der Waals surface area contributed by atoms with Gasteiger partial charge in [0.05, 0.1) is 23.8 Å². The molecule has 1 unspecified atom stereocenters. The molecule has 0 heterocycles. The number of carbonyl (C=O) groups excluding carboxylic acids is 2. The number of hydrogen-bond acceptors (Lipinski definition) is 6. The minimum absolute atomic E-state index is 0.129. The first-order valence-corrected chi connectivity index (χ1v) is 17.0. The molecule has 0 bridgehead atoms. The van der Waals surface area contributed by atoms with Gasteiger partial charge in [0.25, 0.3) is 0 Å². The molecule has 0 radical (unpaired) electrons. The van der Waals surface area contributed by atoms with Crippen LogP contribution < -0.4 is 9.47 Å². The van der Waals surface area contributed by atoms with Crippen LogP contribution in [0.15, 0.2) is 72.8 Å². The Morgan fingerprint density at radius 3 is 1.69 bits per heavy atom. The number of unbranched alkanes of at least 4 members (excludes halogenated alkanes) is 11. The van der Waals surface area contributed by atoms with Gasteiger partial charge in [-0.3, -0.25) is 0 Å². The lowest BCUT2D eigenvalue weighted by atomic mass is 10.0. The van der Waals surface area contributed by atoms with E-state index in [1.54, 1.807) is 36.4 Å². The number of ether oxygens (including phenoxy) is 3. The molecule has 0 aliphatic rings. The molecule has 3 aromatic rings. The van der Waals surface area contributed by atoms with E-state index in [9.17, 15) is 9.59 Å². The summed E-state index contributed by atoms with van der Waals surface area (Å²) in [7, 11) is 0. The number of aliphatic hydroxyl groups is 1. The van der Waals surface area contributed by atoms with E-state index in [0.29, 0.717) is 23.5 Å². The lowest BCUT2D eigenvalue weighted by molar-refractivity contribution is 0.0319. The van der Waals surface area contributed by atoms with Crippen molar-refractivity contribution < 1.29 is 28.9 Å². The van der Waals surface area contributed by atoms with Crippen LogP contribution >= 0.6 is 0 Å². The molecule has 3 rings (SSSR count). The monoisotopic (exact) mass is 616 g/mol. The first-order valence-electron chi connectivity index (χ1n) is 17.0. The third-order valence-electron chi connectivity index (χ3n) is 7.95. The quantitative estimate of drug-likeness (QED) is 0.0687. The van der Waals surface area contributed by atoms with Gasteiger partial charge in [-0.1, -0.05) is 95.4 Å². The van der Waals surface area contributed by atoms with Crippen LogP contribution in [0.1, 0.15) is 124 Å². The van der Waals surface area contributed by atoms with E-state index in [4.69, 9.17) is 19.3 Å². The molecule has 6 nitrogen and oxygen atoms in total. The van der Waals surface area contributed by atoms with Crippen LogP contribution in [0.5, 0.6) is 11.5 Å². The summed E-state index contributed by atoms with van der Waals surface area (Å²) < 4.78 is 17.0. The largest absolute Gasteiger partial charge is 0.494 e. The summed E-state index contributed by atoms with van der Waals surface area (Å²) in [4.78, 5) is 25.2. The van der Waals surface area contributed by atoms with Crippen molar-refractivity contribution in [2.45, 2.75) is 110 Å². The van der Waals surface area contributed by atoms with Crippen LogP contribution in [0.25, 0.3) is 11.1 Å². The third-order valence-corrected chi connectivity index (χ3v) is 7.95. The van der Waals surface area contributed by atoms with Gasteiger partial charge in [-0.15, -0.1) is 0 Å². The highest BCUT2D eigenvalue weighted by molar-refractivity contribution is 5.92. The Morgan fingerprint density at radius 2 is 1.09 bits per heavy atom. The van der Waals surface area contributed by atoms with Gasteiger partial charge in [-0.05, 0) is 92.3 Å². The van der Waals surface area contributed by atoms with Crippen molar-refractivity contribution in [3.05, 3.63) is 83.9 Å². The SMILES string of the molecule is CCCCCCC(C)OC(=O)c1ccc(OC(=O)c2ccc(-c3ccc(OCCCCCCCCCCCO)cc3)cc2)cc1. The van der Waals surface area contributed by atoms with E-state index < -0.39 is 5.97 Å². The van der Waals surface area contributed by atoms with Gasteiger partial charge in [0.2, 0.25) is 0 Å². The van der Waals surface area contributed by atoms with Gasteiger partial charge in [0, 0.05) is 6.61 Å². The van der Waals surface area contributed by atoms with Gasteiger partial charge in [-0.25, -0.2) is 9.59 Å². The molecule has 1 atom stereocenters. The predicted octanol–water partition coefficient (Wildman–Crippen LogP) is 9.97. The Kier molecular flexibility index (Phi) is 16.8. The molecular weight excluding hydrogens is 564 g/mol. The fourth-order valence-electron chi connectivity index (χ4n) is 5.18. The van der Waals surface area contributed by atoms with E-state index in [1.165, 1.54) is 51.4 Å². The smallest absolute Gasteiger partial charge is 0.343 e. The van der Waals surface area contributed by atoms with Crippen molar-refractivity contribution in [3.8, 4) is 22.6 Å². The Bertz CT molecular complexity index is 1230. The molecule has 0 saturated carbocycles. The summed E-state index contributed by atoms with van der Waals surface area (Å²) in [5, 5.41) is 8.82. The van der Waals surface area contributed by atoms with Crippen molar-refractivity contribution in [1.29, 1.82) is 0 Å². The van der Waals surface area contributed by atoms with Gasteiger partial charge >= 0.3 is 11.9 Å². The highest BCUT2D eigenvalue weighted by Crippen LogP contribution is 2.24. The second-order valence-corrected chi connectivity index (χ2v) is 11.8. The molecule has 0 saturated heterocycles. The zero-order valence-electron chi connectivity index (χ0n) is 27.3. The van der Waals surface area contributed by atoms with Crippen LogP contribution in [0.2, 0.25) is 0 Å². The summed E-state index contributed by atoms with van der Waals surface area (Å²) in [5.74, 6) is 0.405. The van der Waals surface area contributed by atoms with Crippen LogP contribution in [-0.2, 0) is 4.74 Å². The molecule has 3 aromatic carbocycles. The average Bonchev–Trinajstić information content (AvgIpc) is 3.06. The summed E-state index contributed by atoms with van der Waals surface area (Å²) in [6.45, 7) is 5.13. The van der Waals surface area contributed by atoms with Crippen LogP contribution in [-0.4, -0.2) is 36.4 Å². The maximum absolute atomic E-state index is 12.7. The zero-order chi connectivity index (χ0) is 32.1. The number of esters is 2. The molecule has 0 aliphatic carbocycles. The van der Waals surface area contributed by atoms with Crippen molar-refractivity contribution in [2.75, 3.05) is 13.2 Å². The maximum Gasteiger partial charge on any atom is 0.343 e. The Labute approximate surface area is 270 Å². The predicted molar refractivity (Wildman–Crippen MR) is 181 cm³/mol. The molecule has 0 aromatic heterocycles. The summed E-state index contributed by atoms with van der Waals surface area (Å²) in [6.07, 6.45) is 15.9. The molecule has 45 heavy (non-hydrogen) atoms. The number of rotatable bonds is 22. The highest BCUT2D eigenvalue weighted by Gasteiger charge is 2.14. The first kappa shape index (κ1) is 35.8. The molecule has 1 N–H and O–H groups in total. The molecule has 0 fully saturated rings. The Hall–Kier alpha value is -3.64. The summed E-state index contributed by atoms with van der Waals surface area (Å²) >= 11 is 0. The van der Waals surface area contributed by atoms with Crippen molar-refractivity contribution in [2.24, 2.45) is 0 Å². The molecule has 6 heteroatoms. The van der Waals surface area contributed by atoms with E-state index in [-0.39, 0.29) is 12.1 Å². The van der Waals surface area contributed by atoms with Crippen LogP contribution in [0.4, 0.5) is 0 Å². The third kappa shape index (κ3) is 13.9. The van der Waals surface area contributed by atoms with E-state index in [0.717, 1.165) is 62.0 Å². The molecule has 244 valence electrons. The minimum atomic E-state index is -0.459. The van der Waals surface area contributed by atoms with Crippen LogP contribution in [0, 0.1) is 0 Å². The van der Waals surface area contributed by atoms with Gasteiger partial charge in [0.1, 0.15) is 11.5 Å². The number of hydrogen-bond donors (Lipinski definition) is 1. The van der Waals surface area contributed by atoms with E-state index in [2.05, 4.69) is 6.92 Å². The second-order valence-electron chi connectivity index (χ2n) is 11.8. The Morgan fingerprint density at radius 1 is 0.600 bits per heavy atom. The fourth-order valence-corrected chi connectivity index (χ4v) is 5.18. The molecular formula is C39H52O6. The van der Waals surface area contributed by atoms with Crippen molar-refractivity contribution in [1.82, 2.24) is 0 Å². The lowest BCUT2D eigenvalue weighted by Crippen LogP contribution is -2.15. The molecule has 0 spiro atoms. The summed E-state index contributed by atoms with van der Waals surface area (Å²) in [6, 6.07) is 21.8. The van der Waals surface area contributed by atoms with E-state index in [1.807, 2.05) is 43.3 Å². The topological polar surface area (TPSA) is 82.1 Å². The number of aliphatic hydroxyl groups excluding tert-OH is 1. The van der Waals surface area contributed by atoms with Crippen molar-refractivity contribution in [3.63, 3.8) is 0 Å². The van der Waals surface area contributed by atoms with Gasteiger partial charge in [-0.2, -0.15) is 0 Å². The normalized spacial score (nSPS) is 11.6. The zero-order valence-corrected chi connectivity index (χ0v) is 27.3. The highest BCUT2D eigenvalue weighted by atomic mass is 16.5. The van der Waals surface area contributed by atoms with Crippen LogP contribution in [0.3, 0.4) is 0 Å². The molecule has 0 aliphatic heterocycles. The standard InChI is InChI=1S/C39H52O6/c1-3-4-5-13-16-31(2)44-38(41)35-23-27-37(28-24-35)45-39(42)34-19-17-32(18-20-34)33-21-25-36(26-22-33)43-30-15-12-10-8-6-7-9-11-14-29-40/h17-28,31,40H,3-16,29-30H2,1-2H3. The second kappa shape index (κ2) is 21.2. The van der Waals surface area contributed by atoms with Crippen molar-refractivity contribution >= 4 is 11.9 Å². The van der Waals surface area contributed by atoms with E-state index >= 15 is 0 Å². The number of benzene rings is 3. The first-order chi connectivity index (χ1) is 22.0. The fraction of sp³-hybridized carbons (Fsp3) is 0.487.